The quantitative estimate of drug-likeness (QED) is 0.261. The summed E-state index contributed by atoms with van der Waals surface area (Å²) in [5, 5.41) is 13.8. The van der Waals surface area contributed by atoms with Gasteiger partial charge in [-0.25, -0.2) is 4.79 Å². The molecule has 0 fully saturated rings. The SMILES string of the molecule is CCOC(=O)c1cn(CC)c2ccc(NC(=O)/C=C/c3cccc([N+](=O)[O-])c3)cc2c1=O. The zero-order chi connectivity index (χ0) is 23.3. The van der Waals surface area contributed by atoms with Crippen LogP contribution in [0.1, 0.15) is 29.8 Å². The normalized spacial score (nSPS) is 10.9. The topological polar surface area (TPSA) is 121 Å². The van der Waals surface area contributed by atoms with E-state index in [9.17, 15) is 24.5 Å². The Hall–Kier alpha value is -4.27. The third-order valence-electron chi connectivity index (χ3n) is 4.69. The van der Waals surface area contributed by atoms with E-state index in [1.165, 1.54) is 42.6 Å². The number of amides is 1. The molecule has 3 rings (SSSR count). The number of nitrogens with one attached hydrogen (secondary N) is 1. The average Bonchev–Trinajstić information content (AvgIpc) is 2.78. The van der Waals surface area contributed by atoms with Crippen molar-refractivity contribution in [3.05, 3.63) is 86.2 Å². The van der Waals surface area contributed by atoms with Gasteiger partial charge in [-0.2, -0.15) is 0 Å². The van der Waals surface area contributed by atoms with Gasteiger partial charge in [-0.05, 0) is 43.7 Å². The number of nitro benzene ring substituents is 1. The van der Waals surface area contributed by atoms with E-state index in [1.807, 2.05) is 6.92 Å². The predicted molar refractivity (Wildman–Crippen MR) is 121 cm³/mol. The lowest BCUT2D eigenvalue weighted by molar-refractivity contribution is -0.384. The van der Waals surface area contributed by atoms with Crippen molar-refractivity contribution in [1.82, 2.24) is 4.57 Å². The highest BCUT2D eigenvalue weighted by Crippen LogP contribution is 2.19. The van der Waals surface area contributed by atoms with Crippen LogP contribution in [-0.4, -0.2) is 28.0 Å². The Labute approximate surface area is 183 Å². The van der Waals surface area contributed by atoms with Crippen molar-refractivity contribution in [2.45, 2.75) is 20.4 Å². The number of aromatic nitrogens is 1. The number of hydrogen-bond donors (Lipinski definition) is 1. The summed E-state index contributed by atoms with van der Waals surface area (Å²) in [6.45, 7) is 4.22. The number of benzene rings is 2. The van der Waals surface area contributed by atoms with Gasteiger partial charge in [0.05, 0.1) is 17.0 Å². The fourth-order valence-corrected chi connectivity index (χ4v) is 3.19. The highest BCUT2D eigenvalue weighted by Gasteiger charge is 2.16. The number of hydrogen-bond acceptors (Lipinski definition) is 6. The van der Waals surface area contributed by atoms with Gasteiger partial charge in [-0.3, -0.25) is 19.7 Å². The van der Waals surface area contributed by atoms with E-state index in [-0.39, 0.29) is 23.2 Å². The minimum absolute atomic E-state index is 0.0738. The molecule has 1 heterocycles. The Morgan fingerprint density at radius 2 is 1.97 bits per heavy atom. The van der Waals surface area contributed by atoms with E-state index in [0.29, 0.717) is 23.3 Å². The van der Waals surface area contributed by atoms with Crippen LogP contribution in [0.3, 0.4) is 0 Å². The summed E-state index contributed by atoms with van der Waals surface area (Å²) < 4.78 is 6.74. The smallest absolute Gasteiger partial charge is 0.343 e. The molecule has 0 bridgehead atoms. The van der Waals surface area contributed by atoms with E-state index in [1.54, 1.807) is 29.7 Å². The van der Waals surface area contributed by atoms with Crippen molar-refractivity contribution >= 4 is 40.2 Å². The predicted octanol–water partition coefficient (Wildman–Crippen LogP) is 3.76. The maximum Gasteiger partial charge on any atom is 0.343 e. The van der Waals surface area contributed by atoms with Crippen molar-refractivity contribution in [1.29, 1.82) is 0 Å². The molecule has 0 atom stereocenters. The van der Waals surface area contributed by atoms with Gasteiger partial charge < -0.3 is 14.6 Å². The number of aryl methyl sites for hydroxylation is 1. The first-order valence-electron chi connectivity index (χ1n) is 9.91. The van der Waals surface area contributed by atoms with Crippen molar-refractivity contribution in [2.75, 3.05) is 11.9 Å². The molecule has 9 heteroatoms. The Bertz CT molecular complexity index is 1290. The van der Waals surface area contributed by atoms with E-state index in [2.05, 4.69) is 5.32 Å². The molecule has 3 aromatic rings. The molecule has 164 valence electrons. The molecule has 1 aromatic heterocycles. The van der Waals surface area contributed by atoms with Crippen LogP contribution in [0.2, 0.25) is 0 Å². The number of nitrogens with zero attached hydrogens (tertiary/aromatic N) is 2. The van der Waals surface area contributed by atoms with Gasteiger partial charge in [0.25, 0.3) is 5.69 Å². The first-order valence-corrected chi connectivity index (χ1v) is 9.91. The number of anilines is 1. The minimum Gasteiger partial charge on any atom is -0.462 e. The lowest BCUT2D eigenvalue weighted by Crippen LogP contribution is -2.21. The lowest BCUT2D eigenvalue weighted by Gasteiger charge is -2.12. The number of nitro groups is 1. The molecule has 2 aromatic carbocycles. The summed E-state index contributed by atoms with van der Waals surface area (Å²) in [6.07, 6.45) is 4.16. The number of rotatable bonds is 7. The van der Waals surface area contributed by atoms with Gasteiger partial charge in [-0.1, -0.05) is 12.1 Å². The van der Waals surface area contributed by atoms with Gasteiger partial charge in [0.1, 0.15) is 5.56 Å². The third kappa shape index (κ3) is 4.89. The summed E-state index contributed by atoms with van der Waals surface area (Å²) >= 11 is 0. The second-order valence-corrected chi connectivity index (χ2v) is 6.78. The van der Waals surface area contributed by atoms with Crippen molar-refractivity contribution in [3.8, 4) is 0 Å². The summed E-state index contributed by atoms with van der Waals surface area (Å²) in [4.78, 5) is 47.7. The van der Waals surface area contributed by atoms with E-state index in [4.69, 9.17) is 4.74 Å². The number of carbonyl (C=O) groups is 2. The largest absolute Gasteiger partial charge is 0.462 e. The monoisotopic (exact) mass is 435 g/mol. The van der Waals surface area contributed by atoms with Crippen molar-refractivity contribution < 1.29 is 19.2 Å². The maximum absolute atomic E-state index is 12.9. The number of carbonyl (C=O) groups excluding carboxylic acids is 2. The molecule has 0 spiro atoms. The van der Waals surface area contributed by atoms with E-state index < -0.39 is 22.2 Å². The molecule has 32 heavy (non-hydrogen) atoms. The molecule has 0 radical (unpaired) electrons. The number of pyridine rings is 1. The second-order valence-electron chi connectivity index (χ2n) is 6.78. The molecule has 0 aliphatic carbocycles. The first kappa shape index (κ1) is 22.4. The molecule has 9 nitrogen and oxygen atoms in total. The molecule has 0 saturated heterocycles. The van der Waals surface area contributed by atoms with Gasteiger partial charge in [0.15, 0.2) is 0 Å². The highest BCUT2D eigenvalue weighted by atomic mass is 16.6. The zero-order valence-electron chi connectivity index (χ0n) is 17.5. The minimum atomic E-state index is -0.698. The van der Waals surface area contributed by atoms with Gasteiger partial charge >= 0.3 is 5.97 Å². The Morgan fingerprint density at radius 1 is 1.19 bits per heavy atom. The summed E-state index contributed by atoms with van der Waals surface area (Å²) in [6, 6.07) is 10.7. The van der Waals surface area contributed by atoms with Crippen LogP contribution in [-0.2, 0) is 16.1 Å². The Morgan fingerprint density at radius 3 is 2.66 bits per heavy atom. The zero-order valence-corrected chi connectivity index (χ0v) is 17.5. The molecular formula is C23H21N3O6. The van der Waals surface area contributed by atoms with Gasteiger partial charge in [0, 0.05) is 42.0 Å². The van der Waals surface area contributed by atoms with Gasteiger partial charge in [-0.15, -0.1) is 0 Å². The maximum atomic E-state index is 12.9. The van der Waals surface area contributed by atoms with Crippen LogP contribution in [0, 0.1) is 10.1 Å². The van der Waals surface area contributed by atoms with Crippen LogP contribution < -0.4 is 10.7 Å². The van der Waals surface area contributed by atoms with Crippen LogP contribution >= 0.6 is 0 Å². The lowest BCUT2D eigenvalue weighted by atomic mass is 10.1. The number of fused-ring (bicyclic) bond motifs is 1. The summed E-state index contributed by atoms with van der Waals surface area (Å²) in [5.41, 5.74) is 0.855. The van der Waals surface area contributed by atoms with Crippen molar-refractivity contribution in [2.24, 2.45) is 0 Å². The standard InChI is InChI=1S/C23H21N3O6/c1-3-25-14-19(23(29)32-4-2)22(28)18-13-16(9-10-20(18)25)24-21(27)11-8-15-6-5-7-17(12-15)26(30)31/h5-14H,3-4H2,1-2H3,(H,24,27)/b11-8+. The van der Waals surface area contributed by atoms with E-state index in [0.717, 1.165) is 0 Å². The molecule has 1 amide bonds. The summed E-state index contributed by atoms with van der Waals surface area (Å²) in [7, 11) is 0. The van der Waals surface area contributed by atoms with E-state index >= 15 is 0 Å². The molecule has 0 aliphatic heterocycles. The van der Waals surface area contributed by atoms with Crippen molar-refractivity contribution in [3.63, 3.8) is 0 Å². The molecule has 0 aliphatic rings. The Balaban J connectivity index is 1.89. The molecule has 0 saturated carbocycles. The van der Waals surface area contributed by atoms with Crippen LogP contribution in [0.15, 0.2) is 59.5 Å². The summed E-state index contributed by atoms with van der Waals surface area (Å²) in [5.74, 6) is -1.18. The number of ether oxygens (including phenoxy) is 1. The number of non-ortho nitro benzene ring substituents is 1. The van der Waals surface area contributed by atoms with Crippen LogP contribution in [0.5, 0.6) is 0 Å². The van der Waals surface area contributed by atoms with Crippen LogP contribution in [0.4, 0.5) is 11.4 Å². The second kappa shape index (κ2) is 9.69. The average molecular weight is 435 g/mol. The fourth-order valence-electron chi connectivity index (χ4n) is 3.19. The third-order valence-corrected chi connectivity index (χ3v) is 4.69. The molecular weight excluding hydrogens is 414 g/mol. The fraction of sp³-hybridized carbons (Fsp3) is 0.174. The highest BCUT2D eigenvalue weighted by molar-refractivity contribution is 6.03. The molecule has 0 unspecified atom stereocenters. The number of esters is 1. The first-order chi connectivity index (χ1) is 15.3. The van der Waals surface area contributed by atoms with Crippen LogP contribution in [0.25, 0.3) is 17.0 Å². The molecule has 1 N–H and O–H groups in total. The Kier molecular flexibility index (Phi) is 6.79. The van der Waals surface area contributed by atoms with Gasteiger partial charge in [0.2, 0.25) is 11.3 Å².